The van der Waals surface area contributed by atoms with Crippen LogP contribution in [0.3, 0.4) is 0 Å². The highest BCUT2D eigenvalue weighted by Gasteiger charge is 2.37. The Hall–Kier alpha value is 0.170. The predicted molar refractivity (Wildman–Crippen MR) is 71.6 cm³/mol. The van der Waals surface area contributed by atoms with E-state index in [4.69, 9.17) is 9.47 Å². The first-order valence-corrected chi connectivity index (χ1v) is 6.50. The molecular formula is C13H26ClNO2. The molecule has 2 atom stereocenters. The van der Waals surface area contributed by atoms with Crippen LogP contribution >= 0.6 is 12.4 Å². The summed E-state index contributed by atoms with van der Waals surface area (Å²) in [6.07, 6.45) is 5.06. The molecule has 0 amide bonds. The van der Waals surface area contributed by atoms with Gasteiger partial charge in [0, 0.05) is 25.0 Å². The van der Waals surface area contributed by atoms with Gasteiger partial charge in [-0.15, -0.1) is 12.4 Å². The van der Waals surface area contributed by atoms with Gasteiger partial charge in [-0.25, -0.2) is 0 Å². The zero-order chi connectivity index (χ0) is 11.6. The molecule has 1 N–H and O–H groups in total. The molecule has 2 saturated heterocycles. The summed E-state index contributed by atoms with van der Waals surface area (Å²) in [6.45, 7) is 9.40. The summed E-state index contributed by atoms with van der Waals surface area (Å²) >= 11 is 0. The summed E-state index contributed by atoms with van der Waals surface area (Å²) in [4.78, 5) is 0. The molecule has 0 radical (unpaired) electrons. The van der Waals surface area contributed by atoms with Crippen LogP contribution in [0.4, 0.5) is 0 Å². The second-order valence-electron chi connectivity index (χ2n) is 6.23. The first-order chi connectivity index (χ1) is 7.49. The third-order valence-corrected chi connectivity index (χ3v) is 3.61. The Kier molecular flexibility index (Phi) is 5.26. The van der Waals surface area contributed by atoms with Crippen LogP contribution in [0, 0.1) is 5.41 Å². The molecule has 4 heteroatoms. The summed E-state index contributed by atoms with van der Waals surface area (Å²) in [6, 6.07) is 0. The van der Waals surface area contributed by atoms with Crippen molar-refractivity contribution in [1.29, 1.82) is 0 Å². The molecule has 3 nitrogen and oxygen atoms in total. The normalized spacial score (nSPS) is 37.2. The Morgan fingerprint density at radius 2 is 2.00 bits per heavy atom. The average Bonchev–Trinajstić information content (AvgIpc) is 2.25. The van der Waals surface area contributed by atoms with Crippen molar-refractivity contribution in [3.05, 3.63) is 0 Å². The first-order valence-electron chi connectivity index (χ1n) is 6.50. The highest BCUT2D eigenvalue weighted by atomic mass is 35.5. The quantitative estimate of drug-likeness (QED) is 0.831. The second-order valence-corrected chi connectivity index (χ2v) is 6.23. The maximum atomic E-state index is 5.99. The molecule has 2 aliphatic rings. The van der Waals surface area contributed by atoms with Crippen LogP contribution in [-0.4, -0.2) is 31.6 Å². The van der Waals surface area contributed by atoms with Crippen molar-refractivity contribution in [2.45, 2.75) is 58.3 Å². The molecule has 0 bridgehead atoms. The second kappa shape index (κ2) is 5.87. The van der Waals surface area contributed by atoms with E-state index in [1.165, 1.54) is 19.3 Å². The highest BCUT2D eigenvalue weighted by molar-refractivity contribution is 5.85. The van der Waals surface area contributed by atoms with Gasteiger partial charge in [-0.3, -0.25) is 5.32 Å². The molecule has 2 fully saturated rings. The van der Waals surface area contributed by atoms with E-state index in [1.807, 2.05) is 0 Å². The van der Waals surface area contributed by atoms with Gasteiger partial charge in [0.2, 0.25) is 0 Å². The van der Waals surface area contributed by atoms with Gasteiger partial charge in [-0.2, -0.15) is 0 Å². The number of hydrogen-bond acceptors (Lipinski definition) is 3. The van der Waals surface area contributed by atoms with Gasteiger partial charge in [-0.1, -0.05) is 13.8 Å². The number of hydrogen-bond donors (Lipinski definition) is 1. The van der Waals surface area contributed by atoms with E-state index in [0.717, 1.165) is 26.2 Å². The number of rotatable bonds is 2. The van der Waals surface area contributed by atoms with E-state index in [0.29, 0.717) is 6.10 Å². The minimum absolute atomic E-state index is 0. The lowest BCUT2D eigenvalue weighted by Gasteiger charge is -2.44. The van der Waals surface area contributed by atoms with E-state index in [1.54, 1.807) is 0 Å². The summed E-state index contributed by atoms with van der Waals surface area (Å²) in [7, 11) is 0. The molecule has 0 saturated carbocycles. The Labute approximate surface area is 111 Å². The van der Waals surface area contributed by atoms with Crippen molar-refractivity contribution < 1.29 is 9.47 Å². The summed E-state index contributed by atoms with van der Waals surface area (Å²) in [5.74, 6) is 0. The number of nitrogens with one attached hydrogen (secondary N) is 1. The van der Waals surface area contributed by atoms with Crippen LogP contribution < -0.4 is 5.32 Å². The highest BCUT2D eigenvalue weighted by Crippen LogP contribution is 2.29. The van der Waals surface area contributed by atoms with Crippen molar-refractivity contribution in [2.24, 2.45) is 5.41 Å². The number of halogens is 1. The molecule has 0 aliphatic carbocycles. The average molecular weight is 264 g/mol. The largest absolute Gasteiger partial charge is 0.378 e. The van der Waals surface area contributed by atoms with Crippen LogP contribution in [0.25, 0.3) is 0 Å². The Bertz CT molecular complexity index is 230. The van der Waals surface area contributed by atoms with Gasteiger partial charge in [-0.05, 0) is 26.2 Å². The van der Waals surface area contributed by atoms with E-state index in [2.05, 4.69) is 26.1 Å². The number of ether oxygens (including phenoxy) is 2. The van der Waals surface area contributed by atoms with Gasteiger partial charge in [0.1, 0.15) is 5.72 Å². The smallest absolute Gasteiger partial charge is 0.118 e. The molecule has 2 heterocycles. The van der Waals surface area contributed by atoms with E-state index < -0.39 is 0 Å². The minimum atomic E-state index is -0.183. The lowest BCUT2D eigenvalue weighted by atomic mass is 9.90. The van der Waals surface area contributed by atoms with Crippen LogP contribution in [0.2, 0.25) is 0 Å². The third-order valence-electron chi connectivity index (χ3n) is 3.61. The van der Waals surface area contributed by atoms with Gasteiger partial charge in [0.25, 0.3) is 0 Å². The molecule has 17 heavy (non-hydrogen) atoms. The van der Waals surface area contributed by atoms with Gasteiger partial charge in [0.15, 0.2) is 0 Å². The van der Waals surface area contributed by atoms with Crippen LogP contribution in [0.5, 0.6) is 0 Å². The van der Waals surface area contributed by atoms with Crippen LogP contribution in [0.15, 0.2) is 0 Å². The molecule has 0 aromatic carbocycles. The first kappa shape index (κ1) is 15.2. The van der Waals surface area contributed by atoms with Gasteiger partial charge in [0.05, 0.1) is 12.7 Å². The molecule has 2 unspecified atom stereocenters. The maximum Gasteiger partial charge on any atom is 0.118 e. The Morgan fingerprint density at radius 3 is 2.53 bits per heavy atom. The SMILES string of the molecule is CC1(C)CNC(C)(CC2CCCCO2)OC1.Cl. The standard InChI is InChI=1S/C13H25NO2.ClH/c1-12(2)9-14-13(3,16-10-12)8-11-6-4-5-7-15-11;/h11,14H,4-10H2,1-3H3;1H. The van der Waals surface area contributed by atoms with Crippen molar-refractivity contribution in [3.8, 4) is 0 Å². The zero-order valence-corrected chi connectivity index (χ0v) is 12.1. The summed E-state index contributed by atoms with van der Waals surface area (Å²) in [5, 5.41) is 3.53. The topological polar surface area (TPSA) is 30.5 Å². The molecule has 0 aromatic rings. The van der Waals surface area contributed by atoms with E-state index in [-0.39, 0.29) is 23.5 Å². The minimum Gasteiger partial charge on any atom is -0.378 e. The Balaban J connectivity index is 0.00000144. The fraction of sp³-hybridized carbons (Fsp3) is 1.00. The molecule has 2 rings (SSSR count). The van der Waals surface area contributed by atoms with Crippen LogP contribution in [0.1, 0.15) is 46.5 Å². The van der Waals surface area contributed by atoms with Gasteiger partial charge < -0.3 is 9.47 Å². The molecule has 102 valence electrons. The Morgan fingerprint density at radius 1 is 1.24 bits per heavy atom. The zero-order valence-electron chi connectivity index (χ0n) is 11.3. The maximum absolute atomic E-state index is 5.99. The molecular weight excluding hydrogens is 238 g/mol. The lowest BCUT2D eigenvalue weighted by molar-refractivity contribution is -0.152. The summed E-state index contributed by atoms with van der Waals surface area (Å²) in [5.41, 5.74) is 0.0739. The van der Waals surface area contributed by atoms with Crippen molar-refractivity contribution in [2.75, 3.05) is 19.8 Å². The van der Waals surface area contributed by atoms with E-state index in [9.17, 15) is 0 Å². The van der Waals surface area contributed by atoms with Crippen LogP contribution in [-0.2, 0) is 9.47 Å². The van der Waals surface area contributed by atoms with Crippen molar-refractivity contribution in [3.63, 3.8) is 0 Å². The lowest BCUT2D eigenvalue weighted by Crippen LogP contribution is -2.57. The molecule has 0 aromatic heterocycles. The predicted octanol–water partition coefficient (Wildman–Crippen LogP) is 2.73. The van der Waals surface area contributed by atoms with Gasteiger partial charge >= 0.3 is 0 Å². The molecule has 0 spiro atoms. The van der Waals surface area contributed by atoms with Crippen molar-refractivity contribution >= 4 is 12.4 Å². The monoisotopic (exact) mass is 263 g/mol. The van der Waals surface area contributed by atoms with E-state index >= 15 is 0 Å². The fourth-order valence-corrected chi connectivity index (χ4v) is 2.42. The molecule has 2 aliphatic heterocycles. The fourth-order valence-electron chi connectivity index (χ4n) is 2.42. The summed E-state index contributed by atoms with van der Waals surface area (Å²) < 4.78 is 11.8. The third kappa shape index (κ3) is 4.40. The van der Waals surface area contributed by atoms with Crippen molar-refractivity contribution in [1.82, 2.24) is 5.32 Å².